The van der Waals surface area contributed by atoms with Crippen LogP contribution in [0.3, 0.4) is 0 Å². The lowest BCUT2D eigenvalue weighted by molar-refractivity contribution is 0.202. The van der Waals surface area contributed by atoms with Crippen molar-refractivity contribution in [2.45, 2.75) is 25.7 Å². The van der Waals surface area contributed by atoms with Crippen LogP contribution in [-0.4, -0.2) is 52.4 Å². The van der Waals surface area contributed by atoms with E-state index in [-0.39, 0.29) is 5.84 Å². The molecule has 0 aliphatic carbocycles. The van der Waals surface area contributed by atoms with E-state index in [1.807, 2.05) is 0 Å². The van der Waals surface area contributed by atoms with Crippen LogP contribution in [0.15, 0.2) is 17.3 Å². The van der Waals surface area contributed by atoms with E-state index in [4.69, 9.17) is 15.7 Å². The molecule has 0 radical (unpaired) electrons. The molecule has 1 aromatic rings. The van der Waals surface area contributed by atoms with Gasteiger partial charge in [-0.25, -0.2) is 0 Å². The molecular weight excluding hydrogens is 258 g/mol. The Kier molecular flexibility index (Phi) is 5.55. The van der Waals surface area contributed by atoms with Crippen molar-refractivity contribution >= 4 is 5.84 Å². The van der Waals surface area contributed by atoms with Gasteiger partial charge in [0, 0.05) is 12.6 Å². The highest BCUT2D eigenvalue weighted by molar-refractivity contribution is 5.94. The summed E-state index contributed by atoms with van der Waals surface area (Å²) in [5.41, 5.74) is 5.73. The molecule has 1 fully saturated rings. The lowest BCUT2D eigenvalue weighted by Crippen LogP contribution is -2.31. The van der Waals surface area contributed by atoms with E-state index in [1.165, 1.54) is 32.4 Å². The number of nitrogens with zero attached hydrogens (tertiary/aromatic N) is 4. The molecule has 0 amide bonds. The summed E-state index contributed by atoms with van der Waals surface area (Å²) in [7, 11) is 0. The number of ether oxygens (including phenoxy) is 1. The van der Waals surface area contributed by atoms with E-state index in [0.29, 0.717) is 18.2 Å². The monoisotopic (exact) mass is 279 g/mol. The molecule has 0 aromatic carbocycles. The lowest BCUT2D eigenvalue weighted by Gasteiger charge is -2.26. The molecular formula is C13H21N5O2. The first kappa shape index (κ1) is 14.5. The molecule has 1 aromatic heterocycles. The molecule has 0 atom stereocenters. The van der Waals surface area contributed by atoms with E-state index in [0.717, 1.165) is 13.0 Å². The summed E-state index contributed by atoms with van der Waals surface area (Å²) < 4.78 is 5.52. The average Bonchev–Trinajstić information content (AvgIpc) is 2.52. The molecule has 110 valence electrons. The number of hydrogen-bond acceptors (Lipinski definition) is 6. The van der Waals surface area contributed by atoms with Gasteiger partial charge in [-0.05, 0) is 38.4 Å². The third kappa shape index (κ3) is 4.34. The number of oxime groups is 1. The molecule has 7 heteroatoms. The topological polar surface area (TPSA) is 96.9 Å². The van der Waals surface area contributed by atoms with Crippen molar-refractivity contribution in [2.75, 3.05) is 26.2 Å². The van der Waals surface area contributed by atoms with Crippen molar-refractivity contribution in [1.29, 1.82) is 0 Å². The molecule has 1 aliphatic heterocycles. The normalized spacial score (nSPS) is 17.1. The summed E-state index contributed by atoms with van der Waals surface area (Å²) in [6.07, 6.45) is 4.95. The molecule has 0 bridgehead atoms. The highest BCUT2D eigenvalue weighted by Crippen LogP contribution is 2.09. The molecule has 1 saturated heterocycles. The Bertz CT molecular complexity index is 429. The Morgan fingerprint density at radius 3 is 2.75 bits per heavy atom. The van der Waals surface area contributed by atoms with Gasteiger partial charge < -0.3 is 20.6 Å². The fraction of sp³-hybridized carbons (Fsp3) is 0.615. The Balaban J connectivity index is 1.68. The second kappa shape index (κ2) is 7.64. The molecule has 3 N–H and O–H groups in total. The second-order valence-corrected chi connectivity index (χ2v) is 4.85. The SMILES string of the molecule is N/C(=N\O)c1ccc(OCCCN2CCCCC2)nn1. The van der Waals surface area contributed by atoms with Crippen LogP contribution in [0.5, 0.6) is 5.88 Å². The van der Waals surface area contributed by atoms with Crippen LogP contribution in [-0.2, 0) is 0 Å². The van der Waals surface area contributed by atoms with Gasteiger partial charge in [0.2, 0.25) is 5.88 Å². The molecule has 20 heavy (non-hydrogen) atoms. The lowest BCUT2D eigenvalue weighted by atomic mass is 10.1. The summed E-state index contributed by atoms with van der Waals surface area (Å²) in [6.45, 7) is 4.09. The number of aromatic nitrogens is 2. The number of hydrogen-bond donors (Lipinski definition) is 2. The maximum Gasteiger partial charge on any atom is 0.233 e. The van der Waals surface area contributed by atoms with E-state index in [2.05, 4.69) is 20.3 Å². The van der Waals surface area contributed by atoms with Crippen molar-refractivity contribution in [2.24, 2.45) is 10.9 Å². The fourth-order valence-electron chi connectivity index (χ4n) is 2.23. The molecule has 0 saturated carbocycles. The molecule has 0 spiro atoms. The number of likely N-dealkylation sites (tertiary alicyclic amines) is 1. The van der Waals surface area contributed by atoms with Gasteiger partial charge in [-0.3, -0.25) is 0 Å². The van der Waals surface area contributed by atoms with Crippen LogP contribution in [0.25, 0.3) is 0 Å². The van der Waals surface area contributed by atoms with Gasteiger partial charge in [0.1, 0.15) is 5.69 Å². The van der Waals surface area contributed by atoms with E-state index in [1.54, 1.807) is 12.1 Å². The van der Waals surface area contributed by atoms with E-state index < -0.39 is 0 Å². The number of nitrogens with two attached hydrogens (primary N) is 1. The van der Waals surface area contributed by atoms with Crippen molar-refractivity contribution in [3.63, 3.8) is 0 Å². The van der Waals surface area contributed by atoms with E-state index >= 15 is 0 Å². The quantitative estimate of drug-likeness (QED) is 0.263. The van der Waals surface area contributed by atoms with E-state index in [9.17, 15) is 0 Å². The zero-order chi connectivity index (χ0) is 14.2. The van der Waals surface area contributed by atoms with Crippen LogP contribution >= 0.6 is 0 Å². The highest BCUT2D eigenvalue weighted by Gasteiger charge is 2.09. The predicted molar refractivity (Wildman–Crippen MR) is 74.9 cm³/mol. The molecule has 7 nitrogen and oxygen atoms in total. The van der Waals surface area contributed by atoms with Gasteiger partial charge in [-0.15, -0.1) is 10.2 Å². The average molecular weight is 279 g/mol. The summed E-state index contributed by atoms with van der Waals surface area (Å²) >= 11 is 0. The van der Waals surface area contributed by atoms with Gasteiger partial charge in [0.05, 0.1) is 6.61 Å². The summed E-state index contributed by atoms with van der Waals surface area (Å²) in [5, 5.41) is 19.1. The van der Waals surface area contributed by atoms with Crippen molar-refractivity contribution in [3.8, 4) is 5.88 Å². The van der Waals surface area contributed by atoms with Crippen molar-refractivity contribution < 1.29 is 9.94 Å². The minimum Gasteiger partial charge on any atom is -0.477 e. The minimum atomic E-state index is -0.0610. The Morgan fingerprint density at radius 2 is 2.10 bits per heavy atom. The van der Waals surface area contributed by atoms with Crippen LogP contribution in [0.4, 0.5) is 0 Å². The minimum absolute atomic E-state index is 0.0610. The third-order valence-corrected chi connectivity index (χ3v) is 3.33. The smallest absolute Gasteiger partial charge is 0.233 e. The van der Waals surface area contributed by atoms with Crippen molar-refractivity contribution in [3.05, 3.63) is 17.8 Å². The van der Waals surface area contributed by atoms with Gasteiger partial charge in [-0.1, -0.05) is 11.6 Å². The predicted octanol–water partition coefficient (Wildman–Crippen LogP) is 0.826. The summed E-state index contributed by atoms with van der Waals surface area (Å²) in [5.74, 6) is 0.396. The fourth-order valence-corrected chi connectivity index (χ4v) is 2.23. The zero-order valence-corrected chi connectivity index (χ0v) is 11.5. The molecule has 2 rings (SSSR count). The first-order valence-corrected chi connectivity index (χ1v) is 6.96. The Labute approximate surface area is 118 Å². The summed E-state index contributed by atoms with van der Waals surface area (Å²) in [6, 6.07) is 3.28. The number of rotatable bonds is 6. The largest absolute Gasteiger partial charge is 0.477 e. The molecule has 1 aliphatic rings. The number of amidine groups is 1. The van der Waals surface area contributed by atoms with Gasteiger partial charge in [-0.2, -0.15) is 0 Å². The number of piperidine rings is 1. The first-order chi connectivity index (χ1) is 9.79. The maximum absolute atomic E-state index is 8.51. The third-order valence-electron chi connectivity index (χ3n) is 3.33. The van der Waals surface area contributed by atoms with Crippen molar-refractivity contribution in [1.82, 2.24) is 15.1 Å². The first-order valence-electron chi connectivity index (χ1n) is 6.96. The second-order valence-electron chi connectivity index (χ2n) is 4.85. The Hall–Kier alpha value is -1.89. The van der Waals surface area contributed by atoms with Crippen LogP contribution in [0, 0.1) is 0 Å². The van der Waals surface area contributed by atoms with Crippen LogP contribution in [0.1, 0.15) is 31.4 Å². The van der Waals surface area contributed by atoms with Gasteiger partial charge in [0.25, 0.3) is 0 Å². The van der Waals surface area contributed by atoms with Crippen LogP contribution < -0.4 is 10.5 Å². The Morgan fingerprint density at radius 1 is 1.30 bits per heavy atom. The zero-order valence-electron chi connectivity index (χ0n) is 11.5. The highest BCUT2D eigenvalue weighted by atomic mass is 16.5. The van der Waals surface area contributed by atoms with Gasteiger partial charge in [0.15, 0.2) is 5.84 Å². The maximum atomic E-state index is 8.51. The van der Waals surface area contributed by atoms with Gasteiger partial charge >= 0.3 is 0 Å². The molecule has 2 heterocycles. The standard InChI is InChI=1S/C13H21N5O2/c14-13(17-19)11-5-6-12(16-15-11)20-10-4-9-18-7-2-1-3-8-18/h5-6,19H,1-4,7-10H2,(H2,14,17). The molecule has 0 unspecified atom stereocenters. The van der Waals surface area contributed by atoms with Crippen LogP contribution in [0.2, 0.25) is 0 Å². The summed E-state index contributed by atoms with van der Waals surface area (Å²) in [4.78, 5) is 2.47.